The summed E-state index contributed by atoms with van der Waals surface area (Å²) in [6, 6.07) is 10.9. The SMILES string of the molecule is COC(=O)c1cc(C(=O)NCc2ccccc2)n[nH]1. The average Bonchev–Trinajstić information content (AvgIpc) is 2.95. The number of benzene rings is 1. The Bertz CT molecular complexity index is 578. The van der Waals surface area contributed by atoms with E-state index in [1.54, 1.807) is 0 Å². The molecule has 0 fully saturated rings. The number of H-pyrrole nitrogens is 1. The van der Waals surface area contributed by atoms with Crippen LogP contribution in [0.25, 0.3) is 0 Å². The zero-order valence-corrected chi connectivity index (χ0v) is 10.3. The summed E-state index contributed by atoms with van der Waals surface area (Å²) in [6.07, 6.45) is 0. The van der Waals surface area contributed by atoms with Crippen LogP contribution < -0.4 is 5.32 Å². The van der Waals surface area contributed by atoms with Gasteiger partial charge >= 0.3 is 5.97 Å². The van der Waals surface area contributed by atoms with Gasteiger partial charge in [0.05, 0.1) is 7.11 Å². The third kappa shape index (κ3) is 3.19. The molecule has 0 bridgehead atoms. The van der Waals surface area contributed by atoms with E-state index >= 15 is 0 Å². The molecule has 1 heterocycles. The van der Waals surface area contributed by atoms with E-state index in [2.05, 4.69) is 20.3 Å². The quantitative estimate of drug-likeness (QED) is 0.806. The van der Waals surface area contributed by atoms with Crippen molar-refractivity contribution in [1.82, 2.24) is 15.5 Å². The van der Waals surface area contributed by atoms with E-state index in [0.29, 0.717) is 6.54 Å². The largest absolute Gasteiger partial charge is 0.464 e. The lowest BCUT2D eigenvalue weighted by Gasteiger charge is -2.02. The van der Waals surface area contributed by atoms with Crippen LogP contribution in [0.2, 0.25) is 0 Å². The van der Waals surface area contributed by atoms with Crippen LogP contribution in [-0.4, -0.2) is 29.2 Å². The minimum absolute atomic E-state index is 0.146. The molecule has 0 saturated heterocycles. The Balaban J connectivity index is 1.97. The summed E-state index contributed by atoms with van der Waals surface area (Å²) in [5.41, 5.74) is 1.28. The van der Waals surface area contributed by atoms with Crippen molar-refractivity contribution in [3.05, 3.63) is 53.3 Å². The summed E-state index contributed by atoms with van der Waals surface area (Å²) in [5.74, 6) is -0.912. The number of aromatic amines is 1. The van der Waals surface area contributed by atoms with E-state index < -0.39 is 5.97 Å². The zero-order valence-electron chi connectivity index (χ0n) is 10.3. The smallest absolute Gasteiger partial charge is 0.356 e. The van der Waals surface area contributed by atoms with Gasteiger partial charge in [0.1, 0.15) is 5.69 Å². The average molecular weight is 259 g/mol. The number of esters is 1. The molecule has 0 aliphatic rings. The maximum atomic E-state index is 11.8. The number of carbonyl (C=O) groups excluding carboxylic acids is 2. The fraction of sp³-hybridized carbons (Fsp3) is 0.154. The first-order valence-electron chi connectivity index (χ1n) is 5.66. The standard InChI is InChI=1S/C13H13N3O3/c1-19-13(18)11-7-10(15-16-11)12(17)14-8-9-5-3-2-4-6-9/h2-7H,8H2,1H3,(H,14,17)(H,15,16). The minimum Gasteiger partial charge on any atom is -0.464 e. The molecule has 19 heavy (non-hydrogen) atoms. The molecular weight excluding hydrogens is 246 g/mol. The van der Waals surface area contributed by atoms with Gasteiger partial charge in [-0.1, -0.05) is 30.3 Å². The number of rotatable bonds is 4. The van der Waals surface area contributed by atoms with E-state index in [1.165, 1.54) is 13.2 Å². The monoisotopic (exact) mass is 259 g/mol. The van der Waals surface area contributed by atoms with Gasteiger partial charge in [0.15, 0.2) is 5.69 Å². The number of methoxy groups -OCH3 is 1. The Labute approximate surface area is 109 Å². The van der Waals surface area contributed by atoms with Gasteiger partial charge < -0.3 is 10.1 Å². The first-order chi connectivity index (χ1) is 9.20. The number of nitrogens with zero attached hydrogens (tertiary/aromatic N) is 1. The maximum Gasteiger partial charge on any atom is 0.356 e. The molecule has 1 aromatic heterocycles. The van der Waals surface area contributed by atoms with Crippen molar-refractivity contribution >= 4 is 11.9 Å². The van der Waals surface area contributed by atoms with Gasteiger partial charge in [-0.15, -0.1) is 0 Å². The van der Waals surface area contributed by atoms with E-state index in [4.69, 9.17) is 0 Å². The van der Waals surface area contributed by atoms with Gasteiger partial charge in [0.2, 0.25) is 0 Å². The van der Waals surface area contributed by atoms with Crippen LogP contribution in [-0.2, 0) is 11.3 Å². The number of carbonyl (C=O) groups is 2. The van der Waals surface area contributed by atoms with Crippen LogP contribution in [0.5, 0.6) is 0 Å². The summed E-state index contributed by atoms with van der Waals surface area (Å²) in [5, 5.41) is 8.92. The molecular formula is C13H13N3O3. The molecule has 6 heteroatoms. The predicted octanol–water partition coefficient (Wildman–Crippen LogP) is 1.13. The van der Waals surface area contributed by atoms with Gasteiger partial charge in [-0.3, -0.25) is 9.89 Å². The third-order valence-corrected chi connectivity index (χ3v) is 2.51. The maximum absolute atomic E-state index is 11.8. The molecule has 0 atom stereocenters. The van der Waals surface area contributed by atoms with Gasteiger partial charge in [-0.05, 0) is 5.56 Å². The van der Waals surface area contributed by atoms with Crippen LogP contribution in [0.15, 0.2) is 36.4 Å². The molecule has 0 aliphatic heterocycles. The molecule has 2 N–H and O–H groups in total. The molecule has 98 valence electrons. The molecule has 0 saturated carbocycles. The van der Waals surface area contributed by atoms with E-state index in [1.807, 2.05) is 30.3 Å². The molecule has 0 aliphatic carbocycles. The molecule has 0 spiro atoms. The Morgan fingerprint density at radius 3 is 2.74 bits per heavy atom. The highest BCUT2D eigenvalue weighted by Gasteiger charge is 2.14. The second kappa shape index (κ2) is 5.81. The van der Waals surface area contributed by atoms with Crippen LogP contribution in [0.1, 0.15) is 26.5 Å². The molecule has 2 aromatic rings. The lowest BCUT2D eigenvalue weighted by atomic mass is 10.2. The van der Waals surface area contributed by atoms with E-state index in [9.17, 15) is 9.59 Å². The van der Waals surface area contributed by atoms with Crippen molar-refractivity contribution in [1.29, 1.82) is 0 Å². The fourth-order valence-corrected chi connectivity index (χ4v) is 1.52. The Morgan fingerprint density at radius 2 is 2.05 bits per heavy atom. The van der Waals surface area contributed by atoms with Crippen LogP contribution in [0.3, 0.4) is 0 Å². The number of aromatic nitrogens is 2. The topological polar surface area (TPSA) is 84.1 Å². The van der Waals surface area contributed by atoms with Gasteiger partial charge in [-0.25, -0.2) is 4.79 Å². The van der Waals surface area contributed by atoms with Gasteiger partial charge in [0.25, 0.3) is 5.91 Å². The first kappa shape index (κ1) is 12.8. The van der Waals surface area contributed by atoms with E-state index in [-0.39, 0.29) is 17.3 Å². The lowest BCUT2D eigenvalue weighted by molar-refractivity contribution is 0.0594. The van der Waals surface area contributed by atoms with Crippen molar-refractivity contribution in [2.75, 3.05) is 7.11 Å². The summed E-state index contributed by atoms with van der Waals surface area (Å²) in [7, 11) is 1.26. The van der Waals surface area contributed by atoms with Crippen molar-refractivity contribution in [2.24, 2.45) is 0 Å². The number of hydrogen-bond donors (Lipinski definition) is 2. The minimum atomic E-state index is -0.561. The zero-order chi connectivity index (χ0) is 13.7. The van der Waals surface area contributed by atoms with Crippen LogP contribution in [0, 0.1) is 0 Å². The van der Waals surface area contributed by atoms with Gasteiger partial charge in [-0.2, -0.15) is 5.10 Å². The van der Waals surface area contributed by atoms with Gasteiger partial charge in [0, 0.05) is 12.6 Å². The normalized spacial score (nSPS) is 9.95. The van der Waals surface area contributed by atoms with Crippen molar-refractivity contribution < 1.29 is 14.3 Å². The first-order valence-corrected chi connectivity index (χ1v) is 5.66. The molecule has 0 radical (unpaired) electrons. The summed E-state index contributed by atoms with van der Waals surface area (Å²) < 4.78 is 4.52. The lowest BCUT2D eigenvalue weighted by Crippen LogP contribution is -2.23. The fourth-order valence-electron chi connectivity index (χ4n) is 1.52. The second-order valence-corrected chi connectivity index (χ2v) is 3.83. The molecule has 1 aromatic carbocycles. The highest BCUT2D eigenvalue weighted by Crippen LogP contribution is 2.02. The highest BCUT2D eigenvalue weighted by atomic mass is 16.5. The highest BCUT2D eigenvalue weighted by molar-refractivity contribution is 5.95. The number of nitrogens with one attached hydrogen (secondary N) is 2. The molecule has 2 rings (SSSR count). The van der Waals surface area contributed by atoms with Crippen molar-refractivity contribution in [2.45, 2.75) is 6.54 Å². The van der Waals surface area contributed by atoms with Crippen LogP contribution in [0.4, 0.5) is 0 Å². The Morgan fingerprint density at radius 1 is 1.32 bits per heavy atom. The van der Waals surface area contributed by atoms with E-state index in [0.717, 1.165) is 5.56 Å². The third-order valence-electron chi connectivity index (χ3n) is 2.51. The molecule has 1 amide bonds. The number of amides is 1. The van der Waals surface area contributed by atoms with Crippen LogP contribution >= 0.6 is 0 Å². The predicted molar refractivity (Wildman–Crippen MR) is 67.5 cm³/mol. The van der Waals surface area contributed by atoms with Crippen molar-refractivity contribution in [3.8, 4) is 0 Å². The Hall–Kier alpha value is -2.63. The second-order valence-electron chi connectivity index (χ2n) is 3.83. The molecule has 6 nitrogen and oxygen atoms in total. The number of hydrogen-bond acceptors (Lipinski definition) is 4. The molecule has 0 unspecified atom stereocenters. The Kier molecular flexibility index (Phi) is 3.92. The van der Waals surface area contributed by atoms with Crippen molar-refractivity contribution in [3.63, 3.8) is 0 Å². The summed E-state index contributed by atoms with van der Waals surface area (Å²) in [6.45, 7) is 0.403. The summed E-state index contributed by atoms with van der Waals surface area (Å²) in [4.78, 5) is 23.0. The number of ether oxygens (including phenoxy) is 1. The summed E-state index contributed by atoms with van der Waals surface area (Å²) >= 11 is 0.